The lowest BCUT2D eigenvalue weighted by atomic mass is 9.94. The third-order valence-electron chi connectivity index (χ3n) is 5.19. The zero-order valence-electron chi connectivity index (χ0n) is 18.3. The number of hydrogen-bond acceptors (Lipinski definition) is 5. The summed E-state index contributed by atoms with van der Waals surface area (Å²) in [5.41, 5.74) is 3.12. The number of urea groups is 1. The lowest BCUT2D eigenvalue weighted by molar-refractivity contribution is -0.113. The number of methoxy groups -OCH3 is 1. The van der Waals surface area contributed by atoms with Gasteiger partial charge in [-0.1, -0.05) is 36.4 Å². The Morgan fingerprint density at radius 3 is 2.64 bits per heavy atom. The zero-order chi connectivity index (χ0) is 23.2. The number of amides is 3. The van der Waals surface area contributed by atoms with Crippen LogP contribution in [0.25, 0.3) is 0 Å². The number of benzene rings is 2. The van der Waals surface area contributed by atoms with E-state index in [1.165, 1.54) is 0 Å². The zero-order valence-corrected chi connectivity index (χ0v) is 18.3. The van der Waals surface area contributed by atoms with Crippen molar-refractivity contribution in [3.05, 3.63) is 95.5 Å². The number of allylic oxidation sites excluding steroid dienone is 1. The van der Waals surface area contributed by atoms with Gasteiger partial charge in [0.05, 0.1) is 30.6 Å². The van der Waals surface area contributed by atoms with E-state index in [1.807, 2.05) is 36.4 Å². The SMILES string of the molecule is COc1cc(C2NC(=O)NC(C)=C2C(=O)Nc2cccnc2)ccc1OCc1ccccc1. The number of nitrogens with one attached hydrogen (secondary N) is 3. The van der Waals surface area contributed by atoms with E-state index in [0.717, 1.165) is 5.56 Å². The van der Waals surface area contributed by atoms with Crippen LogP contribution in [-0.2, 0) is 11.4 Å². The second-order valence-corrected chi connectivity index (χ2v) is 7.45. The molecule has 8 heteroatoms. The van der Waals surface area contributed by atoms with Crippen molar-refractivity contribution in [2.24, 2.45) is 0 Å². The Hall–Kier alpha value is -4.33. The van der Waals surface area contributed by atoms with Gasteiger partial charge in [-0.15, -0.1) is 0 Å². The maximum absolute atomic E-state index is 13.1. The Morgan fingerprint density at radius 2 is 1.91 bits per heavy atom. The first-order valence-corrected chi connectivity index (χ1v) is 10.4. The molecule has 0 bridgehead atoms. The molecule has 3 aromatic rings. The van der Waals surface area contributed by atoms with Crippen LogP contribution >= 0.6 is 0 Å². The molecule has 1 aliphatic rings. The van der Waals surface area contributed by atoms with Crippen molar-refractivity contribution in [3.63, 3.8) is 0 Å². The lowest BCUT2D eigenvalue weighted by Gasteiger charge is -2.29. The van der Waals surface area contributed by atoms with Gasteiger partial charge in [0.1, 0.15) is 6.61 Å². The molecule has 0 spiro atoms. The van der Waals surface area contributed by atoms with E-state index in [1.54, 1.807) is 50.7 Å². The van der Waals surface area contributed by atoms with Gasteiger partial charge in [0.2, 0.25) is 0 Å². The van der Waals surface area contributed by atoms with Crippen LogP contribution in [0.5, 0.6) is 11.5 Å². The summed E-state index contributed by atoms with van der Waals surface area (Å²) < 4.78 is 11.5. The normalized spacial score (nSPS) is 15.3. The second-order valence-electron chi connectivity index (χ2n) is 7.45. The highest BCUT2D eigenvalue weighted by Crippen LogP contribution is 2.35. The Kier molecular flexibility index (Phi) is 6.54. The fraction of sp³-hybridized carbons (Fsp3) is 0.160. The Morgan fingerprint density at radius 1 is 1.09 bits per heavy atom. The maximum Gasteiger partial charge on any atom is 0.319 e. The minimum Gasteiger partial charge on any atom is -0.493 e. The van der Waals surface area contributed by atoms with Gasteiger partial charge >= 0.3 is 6.03 Å². The van der Waals surface area contributed by atoms with E-state index in [2.05, 4.69) is 20.9 Å². The molecule has 0 saturated carbocycles. The average Bonchev–Trinajstić information content (AvgIpc) is 2.83. The molecule has 0 radical (unpaired) electrons. The number of hydrogen-bond donors (Lipinski definition) is 3. The van der Waals surface area contributed by atoms with Crippen molar-refractivity contribution in [2.45, 2.75) is 19.6 Å². The molecule has 1 unspecified atom stereocenters. The van der Waals surface area contributed by atoms with Gasteiger partial charge in [0.15, 0.2) is 11.5 Å². The van der Waals surface area contributed by atoms with Crippen molar-refractivity contribution in [1.82, 2.24) is 15.6 Å². The molecule has 8 nitrogen and oxygen atoms in total. The van der Waals surface area contributed by atoms with E-state index >= 15 is 0 Å². The van der Waals surface area contributed by atoms with Crippen LogP contribution in [0.1, 0.15) is 24.1 Å². The van der Waals surface area contributed by atoms with Gasteiger partial charge in [0.25, 0.3) is 5.91 Å². The highest BCUT2D eigenvalue weighted by Gasteiger charge is 2.31. The Bertz CT molecular complexity index is 1180. The predicted octanol–water partition coefficient (Wildman–Crippen LogP) is 3.94. The largest absolute Gasteiger partial charge is 0.493 e. The van der Waals surface area contributed by atoms with Crippen LogP contribution in [0, 0.1) is 0 Å². The molecule has 168 valence electrons. The maximum atomic E-state index is 13.1. The molecular weight excluding hydrogens is 420 g/mol. The molecule has 3 N–H and O–H groups in total. The Labute approximate surface area is 191 Å². The summed E-state index contributed by atoms with van der Waals surface area (Å²) in [6, 6.07) is 17.6. The summed E-state index contributed by atoms with van der Waals surface area (Å²) in [4.78, 5) is 29.3. The fourth-order valence-electron chi connectivity index (χ4n) is 3.60. The summed E-state index contributed by atoms with van der Waals surface area (Å²) in [7, 11) is 1.55. The highest BCUT2D eigenvalue weighted by molar-refractivity contribution is 6.06. The first-order chi connectivity index (χ1) is 16.0. The van der Waals surface area contributed by atoms with Crippen molar-refractivity contribution in [1.29, 1.82) is 0 Å². The minimum absolute atomic E-state index is 0.346. The smallest absolute Gasteiger partial charge is 0.319 e. The first-order valence-electron chi connectivity index (χ1n) is 10.4. The quantitative estimate of drug-likeness (QED) is 0.513. The van der Waals surface area contributed by atoms with E-state index in [9.17, 15) is 9.59 Å². The van der Waals surface area contributed by atoms with Crippen LogP contribution in [0.4, 0.5) is 10.5 Å². The number of nitrogens with zero attached hydrogens (tertiary/aromatic N) is 1. The summed E-state index contributed by atoms with van der Waals surface area (Å²) in [6.07, 6.45) is 3.18. The molecule has 2 aromatic carbocycles. The third kappa shape index (κ3) is 5.12. The summed E-state index contributed by atoms with van der Waals surface area (Å²) >= 11 is 0. The van der Waals surface area contributed by atoms with Crippen molar-refractivity contribution in [3.8, 4) is 11.5 Å². The molecule has 2 heterocycles. The molecule has 1 atom stereocenters. The minimum atomic E-state index is -0.674. The molecule has 0 fully saturated rings. The average molecular weight is 444 g/mol. The van der Waals surface area contributed by atoms with E-state index < -0.39 is 12.1 Å². The van der Waals surface area contributed by atoms with Crippen LogP contribution < -0.4 is 25.4 Å². The predicted molar refractivity (Wildman–Crippen MR) is 124 cm³/mol. The lowest BCUT2D eigenvalue weighted by Crippen LogP contribution is -2.46. The molecule has 1 aliphatic heterocycles. The molecule has 1 aromatic heterocycles. The van der Waals surface area contributed by atoms with Crippen molar-refractivity contribution in [2.75, 3.05) is 12.4 Å². The molecule has 0 saturated heterocycles. The van der Waals surface area contributed by atoms with Gasteiger partial charge in [-0.25, -0.2) is 4.79 Å². The van der Waals surface area contributed by atoms with Gasteiger partial charge in [-0.2, -0.15) is 0 Å². The number of anilines is 1. The monoisotopic (exact) mass is 444 g/mol. The topological polar surface area (TPSA) is 102 Å². The van der Waals surface area contributed by atoms with E-state index in [-0.39, 0.29) is 5.91 Å². The number of pyridine rings is 1. The first kappa shape index (κ1) is 21.9. The number of rotatable bonds is 7. The van der Waals surface area contributed by atoms with Crippen LogP contribution in [0.2, 0.25) is 0 Å². The van der Waals surface area contributed by atoms with Crippen LogP contribution in [-0.4, -0.2) is 24.0 Å². The molecule has 3 amide bonds. The molecular formula is C25H24N4O4. The van der Waals surface area contributed by atoms with E-state index in [0.29, 0.717) is 40.6 Å². The number of carbonyl (C=O) groups is 2. The number of aromatic nitrogens is 1. The van der Waals surface area contributed by atoms with Crippen molar-refractivity contribution < 1.29 is 19.1 Å². The van der Waals surface area contributed by atoms with Crippen molar-refractivity contribution >= 4 is 17.6 Å². The third-order valence-corrected chi connectivity index (χ3v) is 5.19. The van der Waals surface area contributed by atoms with Crippen LogP contribution in [0.15, 0.2) is 84.3 Å². The van der Waals surface area contributed by atoms with E-state index in [4.69, 9.17) is 9.47 Å². The van der Waals surface area contributed by atoms with Gasteiger partial charge in [0, 0.05) is 11.9 Å². The number of carbonyl (C=O) groups excluding carboxylic acids is 2. The summed E-state index contributed by atoms with van der Waals surface area (Å²) in [5.74, 6) is 0.717. The number of ether oxygens (including phenoxy) is 2. The standard InChI is InChI=1S/C25H24N4O4/c1-16-22(24(30)28-19-9-6-12-26-14-19)23(29-25(31)27-16)18-10-11-20(21(13-18)32-2)33-15-17-7-4-3-5-8-17/h3-14,23H,15H2,1-2H3,(H,28,30)(H2,27,29,31). The highest BCUT2D eigenvalue weighted by atomic mass is 16.5. The molecule has 33 heavy (non-hydrogen) atoms. The van der Waals surface area contributed by atoms with Gasteiger partial charge in [-0.05, 0) is 42.3 Å². The molecule has 0 aliphatic carbocycles. The Balaban J connectivity index is 1.60. The molecule has 4 rings (SSSR count). The van der Waals surface area contributed by atoms with Gasteiger partial charge < -0.3 is 25.4 Å². The van der Waals surface area contributed by atoms with Gasteiger partial charge in [-0.3, -0.25) is 9.78 Å². The fourth-order valence-corrected chi connectivity index (χ4v) is 3.60. The summed E-state index contributed by atoms with van der Waals surface area (Å²) in [6.45, 7) is 2.08. The second kappa shape index (κ2) is 9.86. The summed E-state index contributed by atoms with van der Waals surface area (Å²) in [5, 5.41) is 8.33. The van der Waals surface area contributed by atoms with Crippen LogP contribution in [0.3, 0.4) is 0 Å².